The molecule has 0 aliphatic carbocycles. The molecule has 1 atom stereocenters. The Bertz CT molecular complexity index is 725. The quantitative estimate of drug-likeness (QED) is 0.486. The Kier molecular flexibility index (Phi) is 5.54. The van der Waals surface area contributed by atoms with E-state index in [1.807, 2.05) is 0 Å². The molecule has 5 N–H and O–H groups in total. The van der Waals surface area contributed by atoms with Crippen LogP contribution in [0.4, 0.5) is 0 Å². The molecule has 2 aromatic rings. The number of phenols is 2. The molecule has 2 rings (SSSR count). The van der Waals surface area contributed by atoms with Gasteiger partial charge >= 0.3 is 0 Å². The fourth-order valence-corrected chi connectivity index (χ4v) is 2.18. The second kappa shape index (κ2) is 7.41. The maximum Gasteiger partial charge on any atom is 0.276 e. The van der Waals surface area contributed by atoms with Crippen LogP contribution in [0.3, 0.4) is 0 Å². The van der Waals surface area contributed by atoms with E-state index in [-0.39, 0.29) is 28.8 Å². The maximum atomic E-state index is 11.9. The SMILES string of the molecule is N[C@H](Oc1ccc(Cl)cc1Cl)C(=O)NCc1ccc(O)c(O)c1. The fraction of sp³-hybridized carbons (Fsp3) is 0.133. The van der Waals surface area contributed by atoms with Gasteiger partial charge in [-0.05, 0) is 35.9 Å². The van der Waals surface area contributed by atoms with E-state index >= 15 is 0 Å². The van der Waals surface area contributed by atoms with E-state index in [1.165, 1.54) is 24.3 Å². The molecule has 23 heavy (non-hydrogen) atoms. The molecule has 0 aliphatic heterocycles. The summed E-state index contributed by atoms with van der Waals surface area (Å²) in [5, 5.41) is 21.8. The van der Waals surface area contributed by atoms with Gasteiger partial charge in [0.1, 0.15) is 5.75 Å². The van der Waals surface area contributed by atoms with Crippen LogP contribution in [0.2, 0.25) is 10.0 Å². The Balaban J connectivity index is 1.93. The first-order chi connectivity index (χ1) is 10.9. The first-order valence-corrected chi connectivity index (χ1v) is 7.28. The van der Waals surface area contributed by atoms with Crippen LogP contribution >= 0.6 is 23.2 Å². The van der Waals surface area contributed by atoms with Crippen LogP contribution in [0.1, 0.15) is 5.56 Å². The molecule has 0 spiro atoms. The smallest absolute Gasteiger partial charge is 0.276 e. The van der Waals surface area contributed by atoms with E-state index < -0.39 is 12.1 Å². The van der Waals surface area contributed by atoms with Crippen LogP contribution in [0.15, 0.2) is 36.4 Å². The van der Waals surface area contributed by atoms with E-state index in [0.29, 0.717) is 10.6 Å². The number of carbonyl (C=O) groups excluding carboxylic acids is 1. The maximum absolute atomic E-state index is 11.9. The molecule has 0 fully saturated rings. The van der Waals surface area contributed by atoms with E-state index in [2.05, 4.69) is 5.32 Å². The van der Waals surface area contributed by atoms with Gasteiger partial charge in [-0.15, -0.1) is 0 Å². The van der Waals surface area contributed by atoms with E-state index in [9.17, 15) is 15.0 Å². The van der Waals surface area contributed by atoms with Crippen molar-refractivity contribution in [3.63, 3.8) is 0 Å². The summed E-state index contributed by atoms with van der Waals surface area (Å²) in [6, 6.07) is 8.75. The summed E-state index contributed by atoms with van der Waals surface area (Å²) in [6.07, 6.45) is -1.26. The molecule has 6 nitrogen and oxygen atoms in total. The summed E-state index contributed by atoms with van der Waals surface area (Å²) in [6.45, 7) is 0.109. The molecule has 0 heterocycles. The molecule has 0 aromatic heterocycles. The number of hydrogen-bond donors (Lipinski definition) is 4. The van der Waals surface area contributed by atoms with Crippen LogP contribution in [0.25, 0.3) is 0 Å². The molecule has 0 unspecified atom stereocenters. The van der Waals surface area contributed by atoms with E-state index in [4.69, 9.17) is 33.7 Å². The molecule has 0 aliphatic rings. The van der Waals surface area contributed by atoms with Crippen molar-refractivity contribution in [2.75, 3.05) is 0 Å². The predicted molar refractivity (Wildman–Crippen MR) is 86.7 cm³/mol. The van der Waals surface area contributed by atoms with Crippen molar-refractivity contribution >= 4 is 29.1 Å². The lowest BCUT2D eigenvalue weighted by Gasteiger charge is -2.15. The summed E-state index contributed by atoms with van der Waals surface area (Å²) < 4.78 is 5.28. The molecule has 122 valence electrons. The lowest BCUT2D eigenvalue weighted by molar-refractivity contribution is -0.127. The highest BCUT2D eigenvalue weighted by Crippen LogP contribution is 2.28. The van der Waals surface area contributed by atoms with Gasteiger partial charge in [0.15, 0.2) is 11.5 Å². The zero-order chi connectivity index (χ0) is 17.0. The average Bonchev–Trinajstić information content (AvgIpc) is 2.50. The van der Waals surface area contributed by atoms with Gasteiger partial charge in [0, 0.05) is 11.6 Å². The molecule has 0 bridgehead atoms. The molecule has 1 amide bonds. The number of aromatic hydroxyl groups is 2. The van der Waals surface area contributed by atoms with Crippen molar-refractivity contribution in [1.82, 2.24) is 5.32 Å². The van der Waals surface area contributed by atoms with Gasteiger partial charge in [0.05, 0.1) is 5.02 Å². The Morgan fingerprint density at radius 2 is 1.91 bits per heavy atom. The van der Waals surface area contributed by atoms with Crippen LogP contribution in [0, 0.1) is 0 Å². The summed E-state index contributed by atoms with van der Waals surface area (Å²) in [4.78, 5) is 11.9. The number of nitrogens with one attached hydrogen (secondary N) is 1. The number of ether oxygens (including phenoxy) is 1. The molecular formula is C15H14Cl2N2O4. The van der Waals surface area contributed by atoms with E-state index in [0.717, 1.165) is 0 Å². The lowest BCUT2D eigenvalue weighted by Crippen LogP contribution is -2.44. The summed E-state index contributed by atoms with van der Waals surface area (Å²) >= 11 is 11.7. The predicted octanol–water partition coefficient (Wildman–Crippen LogP) is 2.38. The number of phenolic OH excluding ortho intramolecular Hbond substituents is 2. The van der Waals surface area contributed by atoms with Gasteiger partial charge in [0.25, 0.3) is 5.91 Å². The highest BCUT2D eigenvalue weighted by atomic mass is 35.5. The standard InChI is InChI=1S/C15H14Cl2N2O4/c16-9-2-4-13(10(17)6-9)23-14(18)15(22)19-7-8-1-3-11(20)12(21)5-8/h1-6,14,20-21H,7,18H2,(H,19,22)/t14-/m1/s1. The highest BCUT2D eigenvalue weighted by molar-refractivity contribution is 6.35. The minimum absolute atomic E-state index is 0.109. The number of rotatable bonds is 5. The Morgan fingerprint density at radius 1 is 1.17 bits per heavy atom. The average molecular weight is 357 g/mol. The summed E-state index contributed by atoms with van der Waals surface area (Å²) in [5.74, 6) is -0.840. The first-order valence-electron chi connectivity index (χ1n) is 6.52. The topological polar surface area (TPSA) is 105 Å². The highest BCUT2D eigenvalue weighted by Gasteiger charge is 2.16. The van der Waals surface area contributed by atoms with Crippen molar-refractivity contribution in [3.05, 3.63) is 52.0 Å². The van der Waals surface area contributed by atoms with Crippen LogP contribution < -0.4 is 15.8 Å². The fourth-order valence-electron chi connectivity index (χ4n) is 1.73. The van der Waals surface area contributed by atoms with Crippen molar-refractivity contribution in [2.45, 2.75) is 12.8 Å². The van der Waals surface area contributed by atoms with Gasteiger partial charge in [0.2, 0.25) is 6.23 Å². The Hall–Kier alpha value is -2.15. The molecule has 2 aromatic carbocycles. The minimum atomic E-state index is -1.26. The van der Waals surface area contributed by atoms with Crippen LogP contribution in [-0.4, -0.2) is 22.3 Å². The number of amides is 1. The van der Waals surface area contributed by atoms with Crippen LogP contribution in [-0.2, 0) is 11.3 Å². The third-order valence-electron chi connectivity index (χ3n) is 2.91. The lowest BCUT2D eigenvalue weighted by atomic mass is 10.2. The van der Waals surface area contributed by atoms with Crippen molar-refractivity contribution in [1.29, 1.82) is 0 Å². The minimum Gasteiger partial charge on any atom is -0.504 e. The largest absolute Gasteiger partial charge is 0.504 e. The monoisotopic (exact) mass is 356 g/mol. The molecular weight excluding hydrogens is 343 g/mol. The van der Waals surface area contributed by atoms with E-state index in [1.54, 1.807) is 12.1 Å². The second-order valence-electron chi connectivity index (χ2n) is 4.65. The molecule has 0 saturated carbocycles. The van der Waals surface area contributed by atoms with Crippen molar-refractivity contribution < 1.29 is 19.7 Å². The van der Waals surface area contributed by atoms with Crippen LogP contribution in [0.5, 0.6) is 17.2 Å². The van der Waals surface area contributed by atoms with Gasteiger partial charge < -0.3 is 20.3 Å². The third-order valence-corrected chi connectivity index (χ3v) is 3.44. The number of carbonyl (C=O) groups is 1. The normalized spacial score (nSPS) is 11.8. The van der Waals surface area contributed by atoms with Gasteiger partial charge in [-0.2, -0.15) is 0 Å². The molecule has 0 radical (unpaired) electrons. The van der Waals surface area contributed by atoms with Gasteiger partial charge in [-0.1, -0.05) is 29.3 Å². The second-order valence-corrected chi connectivity index (χ2v) is 5.50. The Morgan fingerprint density at radius 3 is 2.57 bits per heavy atom. The molecule has 0 saturated heterocycles. The molecule has 8 heteroatoms. The van der Waals surface area contributed by atoms with Gasteiger partial charge in [-0.3, -0.25) is 10.5 Å². The number of nitrogens with two attached hydrogens (primary N) is 1. The zero-order valence-electron chi connectivity index (χ0n) is 11.8. The van der Waals surface area contributed by atoms with Gasteiger partial charge in [-0.25, -0.2) is 0 Å². The number of hydrogen-bond acceptors (Lipinski definition) is 5. The number of benzene rings is 2. The summed E-state index contributed by atoms with van der Waals surface area (Å²) in [7, 11) is 0. The summed E-state index contributed by atoms with van der Waals surface area (Å²) in [5.41, 5.74) is 6.25. The number of halogens is 2. The Labute approximate surface area is 142 Å². The zero-order valence-corrected chi connectivity index (χ0v) is 13.3. The first kappa shape index (κ1) is 17.2. The van der Waals surface area contributed by atoms with Crippen molar-refractivity contribution in [2.24, 2.45) is 5.73 Å². The third kappa shape index (κ3) is 4.66. The van der Waals surface area contributed by atoms with Crippen molar-refractivity contribution in [3.8, 4) is 17.2 Å².